The molecule has 3 amide bonds. The van der Waals surface area contributed by atoms with Crippen molar-refractivity contribution in [3.05, 3.63) is 65.4 Å². The normalized spacial score (nSPS) is 20.4. The summed E-state index contributed by atoms with van der Waals surface area (Å²) in [5.74, 6) is 0.759. The van der Waals surface area contributed by atoms with Gasteiger partial charge in [0.15, 0.2) is 0 Å². The molecule has 1 saturated heterocycles. The van der Waals surface area contributed by atoms with Gasteiger partial charge in [-0.25, -0.2) is 9.78 Å². The lowest BCUT2D eigenvalue weighted by Gasteiger charge is -2.28. The quantitative estimate of drug-likeness (QED) is 0.830. The average Bonchev–Trinajstić information content (AvgIpc) is 3.49. The molecule has 3 aliphatic rings. The van der Waals surface area contributed by atoms with E-state index in [-0.39, 0.29) is 17.9 Å². The highest BCUT2D eigenvalue weighted by Crippen LogP contribution is 2.26. The van der Waals surface area contributed by atoms with Gasteiger partial charge >= 0.3 is 6.03 Å². The van der Waals surface area contributed by atoms with E-state index in [0.717, 1.165) is 24.9 Å². The molecule has 4 heterocycles. The number of anilines is 1. The molecule has 2 aromatic rings. The van der Waals surface area contributed by atoms with Gasteiger partial charge in [-0.05, 0) is 47.2 Å². The Balaban J connectivity index is 1.17. The van der Waals surface area contributed by atoms with E-state index in [2.05, 4.69) is 28.5 Å². The molecule has 7 nitrogen and oxygen atoms in total. The van der Waals surface area contributed by atoms with Crippen LogP contribution in [0.4, 0.5) is 10.6 Å². The molecule has 1 N–H and O–H groups in total. The lowest BCUT2D eigenvalue weighted by Crippen LogP contribution is -2.39. The van der Waals surface area contributed by atoms with E-state index in [1.54, 1.807) is 11.1 Å². The number of nitrogens with zero attached hydrogens (tertiary/aromatic N) is 3. The number of hydrogen-bond donors (Lipinski definition) is 1. The second-order valence-corrected chi connectivity index (χ2v) is 8.31. The highest BCUT2D eigenvalue weighted by molar-refractivity contribution is 5.89. The van der Waals surface area contributed by atoms with Crippen molar-refractivity contribution in [2.45, 2.75) is 25.9 Å². The number of fused-ring (bicyclic) bond motifs is 1. The predicted molar refractivity (Wildman–Crippen MR) is 117 cm³/mol. The van der Waals surface area contributed by atoms with Gasteiger partial charge in [-0.3, -0.25) is 10.1 Å². The smallest absolute Gasteiger partial charge is 0.323 e. The Hall–Kier alpha value is -3.19. The summed E-state index contributed by atoms with van der Waals surface area (Å²) in [5, 5.41) is 2.89. The zero-order valence-corrected chi connectivity index (χ0v) is 17.4. The van der Waals surface area contributed by atoms with Gasteiger partial charge in [0.1, 0.15) is 5.82 Å². The van der Waals surface area contributed by atoms with Crippen LogP contribution in [0.3, 0.4) is 0 Å². The molecule has 0 saturated carbocycles. The first-order valence-electron chi connectivity index (χ1n) is 10.8. The Kier molecular flexibility index (Phi) is 5.42. The number of hydrogen-bond acceptors (Lipinski definition) is 4. The number of benzene rings is 1. The van der Waals surface area contributed by atoms with E-state index in [1.165, 1.54) is 16.7 Å². The fraction of sp³-hybridized carbons (Fsp3) is 0.375. The number of urea groups is 1. The summed E-state index contributed by atoms with van der Waals surface area (Å²) in [5.41, 5.74) is 4.60. The Morgan fingerprint density at radius 2 is 1.87 bits per heavy atom. The molecular formula is C24H26N4O3. The fourth-order valence-electron chi connectivity index (χ4n) is 4.44. The van der Waals surface area contributed by atoms with Crippen LogP contribution >= 0.6 is 0 Å². The third-order valence-corrected chi connectivity index (χ3v) is 6.30. The van der Waals surface area contributed by atoms with E-state index in [4.69, 9.17) is 4.74 Å². The Bertz CT molecular complexity index is 987. The van der Waals surface area contributed by atoms with Gasteiger partial charge in [-0.1, -0.05) is 30.3 Å². The molecule has 7 heteroatoms. The minimum absolute atomic E-state index is 0.0166. The van der Waals surface area contributed by atoms with E-state index in [0.29, 0.717) is 38.7 Å². The van der Waals surface area contributed by atoms with Gasteiger partial charge in [0.25, 0.3) is 0 Å². The van der Waals surface area contributed by atoms with E-state index in [9.17, 15) is 9.59 Å². The number of carbonyl (C=O) groups excluding carboxylic acids is 2. The molecule has 1 aromatic heterocycles. The summed E-state index contributed by atoms with van der Waals surface area (Å²) in [4.78, 5) is 33.3. The SMILES string of the molecule is O=C(Nc1ccc(C2=CCN(C(=O)C3CCOC3)CC2)cn1)N1Cc2ccccc2C1. The van der Waals surface area contributed by atoms with Crippen LogP contribution in [-0.4, -0.2) is 53.0 Å². The number of rotatable bonds is 3. The summed E-state index contributed by atoms with van der Waals surface area (Å²) in [6, 6.07) is 11.8. The average molecular weight is 418 g/mol. The zero-order valence-electron chi connectivity index (χ0n) is 17.4. The molecular weight excluding hydrogens is 392 g/mol. The van der Waals surface area contributed by atoms with E-state index in [1.807, 2.05) is 29.2 Å². The number of amides is 3. The van der Waals surface area contributed by atoms with Crippen LogP contribution < -0.4 is 5.32 Å². The number of pyridine rings is 1. The monoisotopic (exact) mass is 418 g/mol. The molecule has 1 atom stereocenters. The van der Waals surface area contributed by atoms with Gasteiger partial charge in [-0.15, -0.1) is 0 Å². The van der Waals surface area contributed by atoms with Gasteiger partial charge in [0.2, 0.25) is 5.91 Å². The largest absolute Gasteiger partial charge is 0.381 e. The molecule has 0 aliphatic carbocycles. The van der Waals surface area contributed by atoms with Crippen LogP contribution in [0, 0.1) is 5.92 Å². The van der Waals surface area contributed by atoms with Crippen molar-refractivity contribution in [1.82, 2.24) is 14.8 Å². The number of carbonyl (C=O) groups is 2. The van der Waals surface area contributed by atoms with Crippen LogP contribution in [0.1, 0.15) is 29.5 Å². The molecule has 3 aliphatic heterocycles. The molecule has 0 bridgehead atoms. The van der Waals surface area contributed by atoms with Crippen molar-refractivity contribution < 1.29 is 14.3 Å². The molecule has 5 rings (SSSR count). The molecule has 0 spiro atoms. The van der Waals surface area contributed by atoms with Crippen LogP contribution in [0.5, 0.6) is 0 Å². The number of ether oxygens (including phenoxy) is 1. The highest BCUT2D eigenvalue weighted by Gasteiger charge is 2.29. The minimum atomic E-state index is -0.140. The minimum Gasteiger partial charge on any atom is -0.381 e. The van der Waals surface area contributed by atoms with Crippen LogP contribution in [0.15, 0.2) is 48.7 Å². The van der Waals surface area contributed by atoms with Crippen molar-refractivity contribution in [1.29, 1.82) is 0 Å². The first-order valence-corrected chi connectivity index (χ1v) is 10.8. The number of nitrogens with one attached hydrogen (secondary N) is 1. The van der Waals surface area contributed by atoms with Gasteiger partial charge in [0.05, 0.1) is 12.5 Å². The third-order valence-electron chi connectivity index (χ3n) is 6.30. The van der Waals surface area contributed by atoms with Crippen molar-refractivity contribution in [2.75, 3.05) is 31.6 Å². The van der Waals surface area contributed by atoms with Crippen molar-refractivity contribution >= 4 is 23.3 Å². The summed E-state index contributed by atoms with van der Waals surface area (Å²) in [6.45, 7) is 3.81. The molecule has 1 fully saturated rings. The third kappa shape index (κ3) is 4.18. The van der Waals surface area contributed by atoms with Crippen LogP contribution in [0.2, 0.25) is 0 Å². The Labute approximate surface area is 181 Å². The van der Waals surface area contributed by atoms with E-state index < -0.39 is 0 Å². The molecule has 1 aromatic carbocycles. The van der Waals surface area contributed by atoms with Gasteiger partial charge in [-0.2, -0.15) is 0 Å². The maximum Gasteiger partial charge on any atom is 0.323 e. The summed E-state index contributed by atoms with van der Waals surface area (Å²) in [7, 11) is 0. The van der Waals surface area contributed by atoms with Crippen molar-refractivity contribution in [3.8, 4) is 0 Å². The molecule has 160 valence electrons. The Morgan fingerprint density at radius 3 is 2.48 bits per heavy atom. The standard InChI is InChI=1S/C24H26N4O3/c29-23(21-9-12-31-16-21)27-10-7-17(8-11-27)18-5-6-22(25-13-18)26-24(30)28-14-19-3-1-2-4-20(19)15-28/h1-7,13,21H,8-12,14-16H2,(H,25,26,30). The summed E-state index contributed by atoms with van der Waals surface area (Å²) >= 11 is 0. The topological polar surface area (TPSA) is 74.8 Å². The predicted octanol–water partition coefficient (Wildman–Crippen LogP) is 3.28. The first kappa shape index (κ1) is 19.8. The molecule has 0 radical (unpaired) electrons. The number of aromatic nitrogens is 1. The first-order chi connectivity index (χ1) is 15.2. The Morgan fingerprint density at radius 1 is 1.06 bits per heavy atom. The maximum atomic E-state index is 12.6. The van der Waals surface area contributed by atoms with E-state index >= 15 is 0 Å². The highest BCUT2D eigenvalue weighted by atomic mass is 16.5. The van der Waals surface area contributed by atoms with Gasteiger partial charge in [0, 0.05) is 39.0 Å². The summed E-state index contributed by atoms with van der Waals surface area (Å²) in [6.07, 6.45) is 5.53. The van der Waals surface area contributed by atoms with Crippen molar-refractivity contribution in [2.24, 2.45) is 5.92 Å². The maximum absolute atomic E-state index is 12.6. The zero-order chi connectivity index (χ0) is 21.2. The second kappa shape index (κ2) is 8.51. The van der Waals surface area contributed by atoms with Crippen molar-refractivity contribution in [3.63, 3.8) is 0 Å². The lowest BCUT2D eigenvalue weighted by atomic mass is 9.99. The van der Waals surface area contributed by atoms with Gasteiger partial charge < -0.3 is 14.5 Å². The molecule has 31 heavy (non-hydrogen) atoms. The second-order valence-electron chi connectivity index (χ2n) is 8.31. The summed E-state index contributed by atoms with van der Waals surface area (Å²) < 4.78 is 5.34. The molecule has 1 unspecified atom stereocenters. The lowest BCUT2D eigenvalue weighted by molar-refractivity contribution is -0.135. The van der Waals surface area contributed by atoms with Crippen LogP contribution in [-0.2, 0) is 22.6 Å². The van der Waals surface area contributed by atoms with Crippen LogP contribution in [0.25, 0.3) is 5.57 Å². The fourth-order valence-corrected chi connectivity index (χ4v) is 4.44.